The predicted octanol–water partition coefficient (Wildman–Crippen LogP) is 19.3. The van der Waals surface area contributed by atoms with Crippen LogP contribution in [0.5, 0.6) is 0 Å². The van der Waals surface area contributed by atoms with Crippen molar-refractivity contribution in [3.8, 4) is 0 Å². The van der Waals surface area contributed by atoms with Gasteiger partial charge in [0.2, 0.25) is 0 Å². The minimum absolute atomic E-state index is 0. The van der Waals surface area contributed by atoms with E-state index < -0.39 is 11.9 Å². The van der Waals surface area contributed by atoms with Gasteiger partial charge in [-0.05, 0) is 64.1 Å². The van der Waals surface area contributed by atoms with Gasteiger partial charge in [0.25, 0.3) is 0 Å². The van der Waals surface area contributed by atoms with Gasteiger partial charge in [-0.1, -0.05) is 273 Å². The maximum absolute atomic E-state index is 11.2. The maximum atomic E-state index is 11.2. The first-order valence-electron chi connectivity index (χ1n) is 28.4. The van der Waals surface area contributed by atoms with Crippen LogP contribution in [0.25, 0.3) is 0 Å². The van der Waals surface area contributed by atoms with E-state index in [-0.39, 0.29) is 51.4 Å². The number of hydrogen-bond acceptors (Lipinski definition) is 4. The molecule has 0 fully saturated rings. The molecule has 0 rings (SSSR count). The molecule has 65 heavy (non-hydrogen) atoms. The Balaban J connectivity index is -0.000000263. The van der Waals surface area contributed by atoms with E-state index in [0.29, 0.717) is 0 Å². The van der Waals surface area contributed by atoms with E-state index in [1.165, 1.54) is 218 Å². The first-order valence-corrected chi connectivity index (χ1v) is 28.4. The van der Waals surface area contributed by atoms with Crippen molar-refractivity contribution in [3.05, 3.63) is 6.92 Å². The van der Waals surface area contributed by atoms with Crippen LogP contribution in [0.15, 0.2) is 0 Å². The third-order valence-corrected chi connectivity index (χ3v) is 12.9. The number of hydrogen-bond donors (Lipinski definition) is 3. The van der Waals surface area contributed by atoms with Crippen molar-refractivity contribution in [2.24, 2.45) is 17.8 Å². The second kappa shape index (κ2) is 63.2. The van der Waals surface area contributed by atoms with Crippen LogP contribution in [0.2, 0.25) is 0 Å². The molecule has 3 N–H and O–H groups in total. The Morgan fingerprint density at radius 3 is 0.631 bits per heavy atom. The fraction of sp³-hybridized carbons (Fsp3) is 0.931. The summed E-state index contributed by atoms with van der Waals surface area (Å²) < 4.78 is 0. The molecule has 0 bridgehead atoms. The SMILES string of the molecule is CC(C)O.CCCCCCCCCCCCCCC(CC)C(=O)O.CCCCCCCCCCCCCCC(CC)C(=O)O.[CH2-]C(=O)C(CC)CCCCCCCCCCCCCC.[Ti]. The summed E-state index contributed by atoms with van der Waals surface area (Å²) in [6, 6.07) is 0. The molecule has 0 aromatic heterocycles. The maximum Gasteiger partial charge on any atom is 0.306 e. The number of carbonyl (C=O) groups is 3. The number of aliphatic hydroxyl groups excluding tert-OH is 1. The average Bonchev–Trinajstić information content (AvgIpc) is 3.26. The number of carboxylic acids is 2. The summed E-state index contributed by atoms with van der Waals surface area (Å²) in [6.45, 7) is 19.8. The number of aliphatic carboxylic acids is 2. The largest absolute Gasteiger partial charge is 0.481 e. The molecule has 0 spiro atoms. The van der Waals surface area contributed by atoms with Crippen molar-refractivity contribution < 1.29 is 51.4 Å². The van der Waals surface area contributed by atoms with Gasteiger partial charge in [0, 0.05) is 27.8 Å². The second-order valence-corrected chi connectivity index (χ2v) is 19.6. The van der Waals surface area contributed by atoms with Crippen LogP contribution in [0, 0.1) is 24.7 Å². The van der Waals surface area contributed by atoms with E-state index in [9.17, 15) is 14.4 Å². The normalized spacial score (nSPS) is 12.1. The van der Waals surface area contributed by atoms with Crippen LogP contribution in [-0.2, 0) is 36.1 Å². The van der Waals surface area contributed by atoms with E-state index in [4.69, 9.17) is 15.3 Å². The van der Waals surface area contributed by atoms with Crippen molar-refractivity contribution in [2.75, 3.05) is 0 Å². The van der Waals surface area contributed by atoms with Gasteiger partial charge in [0.15, 0.2) is 0 Å². The van der Waals surface area contributed by atoms with Gasteiger partial charge in [-0.2, -0.15) is 0 Å². The summed E-state index contributed by atoms with van der Waals surface area (Å²) in [5, 5.41) is 26.0. The van der Waals surface area contributed by atoms with Crippen LogP contribution >= 0.6 is 0 Å². The predicted molar refractivity (Wildman–Crippen MR) is 281 cm³/mol. The van der Waals surface area contributed by atoms with Gasteiger partial charge in [-0.25, -0.2) is 0 Å². The summed E-state index contributed by atoms with van der Waals surface area (Å²) in [5.41, 5.74) is 0. The van der Waals surface area contributed by atoms with Crippen LogP contribution < -0.4 is 0 Å². The Kier molecular flexibility index (Phi) is 71.0. The van der Waals surface area contributed by atoms with Crippen LogP contribution in [0.4, 0.5) is 0 Å². The number of rotatable bonds is 45. The van der Waals surface area contributed by atoms with E-state index >= 15 is 0 Å². The van der Waals surface area contributed by atoms with E-state index in [0.717, 1.165) is 51.4 Å². The first-order chi connectivity index (χ1) is 30.9. The van der Waals surface area contributed by atoms with E-state index in [1.807, 2.05) is 13.8 Å². The number of ketones is 1. The molecule has 0 saturated carbocycles. The Bertz CT molecular complexity index is 799. The molecule has 6 nitrogen and oxygen atoms in total. The fourth-order valence-electron chi connectivity index (χ4n) is 8.29. The Labute approximate surface area is 422 Å². The van der Waals surface area contributed by atoms with Gasteiger partial charge in [0.1, 0.15) is 0 Å². The molecule has 3 atom stereocenters. The van der Waals surface area contributed by atoms with Gasteiger partial charge in [0.05, 0.1) is 11.8 Å². The summed E-state index contributed by atoms with van der Waals surface area (Å²) in [4.78, 5) is 32.9. The molecular formula is C58H117O6Ti-. The summed E-state index contributed by atoms with van der Waals surface area (Å²) in [5.74, 6) is -1.10. The minimum Gasteiger partial charge on any atom is -0.481 e. The fourth-order valence-corrected chi connectivity index (χ4v) is 8.29. The standard InChI is InChI=1S/C19H37O.2C18H36O2.C3H8O.Ti/c1-4-6-7-8-9-10-11-12-13-14-15-16-17-19(5-2)18(3)20;2*1-3-5-6-7-8-9-10-11-12-13-14-15-16-17(4-2)18(19)20;1-3(2)4;/h19H,3-17H2,1-2H3;2*17H,3-16H2,1-2H3,(H,19,20);3-4H,1-2H3;/q-1;;;;. The van der Waals surface area contributed by atoms with Gasteiger partial charge >= 0.3 is 11.9 Å². The number of unbranched alkanes of at least 4 members (excludes halogenated alkanes) is 33. The van der Waals surface area contributed by atoms with Gasteiger partial charge in [-0.3, -0.25) is 9.59 Å². The molecule has 0 heterocycles. The molecule has 3 unspecified atom stereocenters. The molecule has 7 heteroatoms. The molecule has 390 valence electrons. The van der Waals surface area contributed by atoms with Gasteiger partial charge in [-0.15, -0.1) is 0 Å². The topological polar surface area (TPSA) is 112 Å². The zero-order valence-corrected chi connectivity index (χ0v) is 46.8. The van der Waals surface area contributed by atoms with Crippen LogP contribution in [0.1, 0.15) is 325 Å². The van der Waals surface area contributed by atoms with Crippen molar-refractivity contribution in [1.29, 1.82) is 0 Å². The van der Waals surface area contributed by atoms with Crippen LogP contribution in [-0.4, -0.2) is 39.1 Å². The molecule has 0 aliphatic heterocycles. The molecule has 0 radical (unpaired) electrons. The number of carbonyl (C=O) groups excluding carboxylic acids is 1. The summed E-state index contributed by atoms with van der Waals surface area (Å²) >= 11 is 0. The summed E-state index contributed by atoms with van der Waals surface area (Å²) in [6.07, 6.45) is 53.7. The number of aliphatic hydroxyl groups is 1. The van der Waals surface area contributed by atoms with Crippen molar-refractivity contribution in [2.45, 2.75) is 331 Å². The zero-order chi connectivity index (χ0) is 48.7. The molecular weight excluding hydrogens is 840 g/mol. The zero-order valence-electron chi connectivity index (χ0n) is 45.3. The second-order valence-electron chi connectivity index (χ2n) is 19.6. The monoisotopic (exact) mass is 958 g/mol. The Morgan fingerprint density at radius 1 is 0.338 bits per heavy atom. The summed E-state index contributed by atoms with van der Waals surface area (Å²) in [7, 11) is 0. The molecule has 0 aromatic rings. The van der Waals surface area contributed by atoms with Crippen LogP contribution in [0.3, 0.4) is 0 Å². The number of Topliss-reactive ketones (excluding diaryl/α,β-unsaturated/α-hetero) is 1. The van der Waals surface area contributed by atoms with Crippen molar-refractivity contribution in [3.63, 3.8) is 0 Å². The third-order valence-electron chi connectivity index (χ3n) is 12.9. The quantitative estimate of drug-likeness (QED) is 0.0318. The molecule has 0 saturated heterocycles. The Hall–Kier alpha value is -0.846. The number of carboxylic acid groups (broad SMARTS) is 2. The third kappa shape index (κ3) is 67.5. The van der Waals surface area contributed by atoms with E-state index in [2.05, 4.69) is 34.6 Å². The van der Waals surface area contributed by atoms with Gasteiger partial charge < -0.3 is 27.0 Å². The molecule has 0 aromatic carbocycles. The first kappa shape index (κ1) is 73.1. The van der Waals surface area contributed by atoms with E-state index in [1.54, 1.807) is 13.8 Å². The smallest absolute Gasteiger partial charge is 0.306 e. The average molecular weight is 958 g/mol. The Morgan fingerprint density at radius 2 is 0.492 bits per heavy atom. The van der Waals surface area contributed by atoms with Crippen molar-refractivity contribution in [1.82, 2.24) is 0 Å². The van der Waals surface area contributed by atoms with Crippen molar-refractivity contribution >= 4 is 17.7 Å². The minimum atomic E-state index is -0.615. The molecule has 0 aliphatic rings. The molecule has 0 amide bonds. The molecule has 0 aliphatic carbocycles.